The maximum Gasteiger partial charge on any atom is 0.310 e. The molecule has 1 amide bonds. The Morgan fingerprint density at radius 1 is 1.09 bits per heavy atom. The molecule has 2 aromatic carbocycles. The molecule has 2 rings (SSSR count). The lowest BCUT2D eigenvalue weighted by Gasteiger charge is -2.08. The van der Waals surface area contributed by atoms with Crippen molar-refractivity contribution >= 4 is 29.2 Å². The Labute approximate surface area is 134 Å². The molecule has 0 bridgehead atoms. The largest absolute Gasteiger partial charge is 0.455 e. The van der Waals surface area contributed by atoms with Gasteiger partial charge < -0.3 is 10.1 Å². The highest BCUT2D eigenvalue weighted by Gasteiger charge is 2.10. The number of halogens is 1. The molecule has 4 nitrogen and oxygen atoms in total. The fourth-order valence-electron chi connectivity index (χ4n) is 1.89. The van der Waals surface area contributed by atoms with Crippen molar-refractivity contribution < 1.29 is 14.3 Å². The summed E-state index contributed by atoms with van der Waals surface area (Å²) in [6, 6.07) is 14.3. The Kier molecular flexibility index (Phi) is 5.55. The van der Waals surface area contributed by atoms with Crippen molar-refractivity contribution in [3.63, 3.8) is 0 Å². The topological polar surface area (TPSA) is 55.4 Å². The quantitative estimate of drug-likeness (QED) is 0.860. The van der Waals surface area contributed by atoms with Gasteiger partial charge in [-0.3, -0.25) is 9.59 Å². The van der Waals surface area contributed by atoms with E-state index in [-0.39, 0.29) is 18.9 Å². The zero-order valence-corrected chi connectivity index (χ0v) is 12.9. The molecule has 0 heterocycles. The molecule has 0 saturated carbocycles. The predicted octanol–water partition coefficient (Wildman–Crippen LogP) is 3.37. The summed E-state index contributed by atoms with van der Waals surface area (Å²) in [4.78, 5) is 23.4. The molecule has 0 fully saturated rings. The molecule has 0 aromatic heterocycles. The summed E-state index contributed by atoms with van der Waals surface area (Å²) in [6.07, 6.45) is 0.154. The minimum Gasteiger partial charge on any atom is -0.455 e. The first kappa shape index (κ1) is 16.0. The number of ether oxygens (including phenoxy) is 1. The highest BCUT2D eigenvalue weighted by molar-refractivity contribution is 6.30. The first-order valence-corrected chi connectivity index (χ1v) is 7.18. The van der Waals surface area contributed by atoms with Crippen LogP contribution in [-0.4, -0.2) is 18.5 Å². The van der Waals surface area contributed by atoms with Gasteiger partial charge in [-0.05, 0) is 42.3 Å². The normalized spacial score (nSPS) is 10.1. The second-order valence-electron chi connectivity index (χ2n) is 4.82. The number of carbonyl (C=O) groups is 2. The molecule has 114 valence electrons. The molecule has 0 aliphatic rings. The van der Waals surface area contributed by atoms with Crippen molar-refractivity contribution in [2.24, 2.45) is 0 Å². The third-order valence-electron chi connectivity index (χ3n) is 3.09. The van der Waals surface area contributed by atoms with E-state index in [0.29, 0.717) is 10.7 Å². The molecule has 5 heteroatoms. The monoisotopic (exact) mass is 317 g/mol. The molecular weight excluding hydrogens is 302 g/mol. The zero-order valence-electron chi connectivity index (χ0n) is 12.1. The van der Waals surface area contributed by atoms with E-state index >= 15 is 0 Å². The second-order valence-corrected chi connectivity index (χ2v) is 5.26. The average molecular weight is 318 g/mol. The van der Waals surface area contributed by atoms with Crippen LogP contribution in [0.4, 0.5) is 5.69 Å². The number of amides is 1. The van der Waals surface area contributed by atoms with E-state index in [1.807, 2.05) is 31.2 Å². The summed E-state index contributed by atoms with van der Waals surface area (Å²) in [6.45, 7) is 1.61. The van der Waals surface area contributed by atoms with Crippen LogP contribution < -0.4 is 5.32 Å². The van der Waals surface area contributed by atoms with Crippen molar-refractivity contribution in [3.05, 3.63) is 64.7 Å². The van der Waals surface area contributed by atoms with Crippen LogP contribution in [0.15, 0.2) is 48.5 Å². The fourth-order valence-corrected chi connectivity index (χ4v) is 2.02. The van der Waals surface area contributed by atoms with Gasteiger partial charge in [-0.25, -0.2) is 0 Å². The van der Waals surface area contributed by atoms with Gasteiger partial charge in [0.15, 0.2) is 6.61 Å². The van der Waals surface area contributed by atoms with Crippen molar-refractivity contribution in [2.45, 2.75) is 13.3 Å². The van der Waals surface area contributed by atoms with Gasteiger partial charge in [0.25, 0.3) is 5.91 Å². The number of carbonyl (C=O) groups excluding carboxylic acids is 2. The van der Waals surface area contributed by atoms with E-state index in [0.717, 1.165) is 11.1 Å². The maximum atomic E-state index is 11.7. The Morgan fingerprint density at radius 3 is 2.45 bits per heavy atom. The van der Waals surface area contributed by atoms with Crippen LogP contribution in [0.3, 0.4) is 0 Å². The Hall–Kier alpha value is -2.33. The second kappa shape index (κ2) is 7.61. The van der Waals surface area contributed by atoms with E-state index < -0.39 is 5.97 Å². The van der Waals surface area contributed by atoms with Gasteiger partial charge in [0, 0.05) is 10.7 Å². The van der Waals surface area contributed by atoms with Gasteiger partial charge >= 0.3 is 5.97 Å². The Balaban J connectivity index is 1.79. The summed E-state index contributed by atoms with van der Waals surface area (Å²) in [5.41, 5.74) is 2.51. The van der Waals surface area contributed by atoms with Crippen LogP contribution in [0.25, 0.3) is 0 Å². The average Bonchev–Trinajstić information content (AvgIpc) is 2.50. The highest BCUT2D eigenvalue weighted by Crippen LogP contribution is 2.13. The van der Waals surface area contributed by atoms with Crippen LogP contribution in [0.5, 0.6) is 0 Å². The smallest absolute Gasteiger partial charge is 0.310 e. The summed E-state index contributed by atoms with van der Waals surface area (Å²) >= 11 is 5.76. The third-order valence-corrected chi connectivity index (χ3v) is 3.34. The first-order chi connectivity index (χ1) is 10.5. The fraction of sp³-hybridized carbons (Fsp3) is 0.176. The van der Waals surface area contributed by atoms with Crippen LogP contribution in [0.2, 0.25) is 5.02 Å². The van der Waals surface area contributed by atoms with Gasteiger partial charge in [0.2, 0.25) is 0 Å². The number of rotatable bonds is 5. The van der Waals surface area contributed by atoms with Gasteiger partial charge in [-0.15, -0.1) is 0 Å². The minimum absolute atomic E-state index is 0.154. The lowest BCUT2D eigenvalue weighted by atomic mass is 10.1. The summed E-state index contributed by atoms with van der Waals surface area (Å²) in [5, 5.41) is 3.21. The van der Waals surface area contributed by atoms with E-state index in [1.165, 1.54) is 0 Å². The number of anilines is 1. The van der Waals surface area contributed by atoms with E-state index in [2.05, 4.69) is 5.32 Å². The van der Waals surface area contributed by atoms with Crippen LogP contribution >= 0.6 is 11.6 Å². The molecule has 0 atom stereocenters. The number of nitrogens with one attached hydrogen (secondary N) is 1. The molecule has 0 radical (unpaired) electrons. The van der Waals surface area contributed by atoms with Crippen LogP contribution in [0.1, 0.15) is 11.1 Å². The zero-order chi connectivity index (χ0) is 15.9. The maximum absolute atomic E-state index is 11.7. The SMILES string of the molecule is Cc1ccccc1CC(=O)OCC(=O)Nc1ccc(Cl)cc1. The van der Waals surface area contributed by atoms with Gasteiger partial charge in [0.05, 0.1) is 6.42 Å². The molecule has 0 aliphatic heterocycles. The standard InChI is InChI=1S/C17H16ClNO3/c1-12-4-2-3-5-13(12)10-17(21)22-11-16(20)19-15-8-6-14(18)7-9-15/h2-9H,10-11H2,1H3,(H,19,20). The summed E-state index contributed by atoms with van der Waals surface area (Å²) < 4.78 is 4.98. The van der Waals surface area contributed by atoms with Crippen molar-refractivity contribution in [3.8, 4) is 0 Å². The number of aryl methyl sites for hydroxylation is 1. The van der Waals surface area contributed by atoms with E-state index in [4.69, 9.17) is 16.3 Å². The van der Waals surface area contributed by atoms with Gasteiger partial charge in [-0.1, -0.05) is 35.9 Å². The molecule has 0 spiro atoms. The van der Waals surface area contributed by atoms with Crippen molar-refractivity contribution in [1.29, 1.82) is 0 Å². The highest BCUT2D eigenvalue weighted by atomic mass is 35.5. The van der Waals surface area contributed by atoms with E-state index in [1.54, 1.807) is 24.3 Å². The molecular formula is C17H16ClNO3. The molecule has 0 unspecified atom stereocenters. The van der Waals surface area contributed by atoms with Crippen molar-refractivity contribution in [2.75, 3.05) is 11.9 Å². The summed E-state index contributed by atoms with van der Waals surface area (Å²) in [5.74, 6) is -0.819. The Morgan fingerprint density at radius 2 is 1.77 bits per heavy atom. The van der Waals surface area contributed by atoms with Crippen LogP contribution in [-0.2, 0) is 20.7 Å². The number of benzene rings is 2. The van der Waals surface area contributed by atoms with E-state index in [9.17, 15) is 9.59 Å². The minimum atomic E-state index is -0.430. The third kappa shape index (κ3) is 4.90. The number of hydrogen-bond acceptors (Lipinski definition) is 3. The first-order valence-electron chi connectivity index (χ1n) is 6.80. The lowest BCUT2D eigenvalue weighted by Crippen LogP contribution is -2.21. The number of esters is 1. The molecule has 22 heavy (non-hydrogen) atoms. The summed E-state index contributed by atoms with van der Waals surface area (Å²) in [7, 11) is 0. The molecule has 0 saturated heterocycles. The Bertz CT molecular complexity index is 668. The molecule has 0 aliphatic carbocycles. The molecule has 2 aromatic rings. The predicted molar refractivity (Wildman–Crippen MR) is 85.9 cm³/mol. The molecule has 1 N–H and O–H groups in total. The lowest BCUT2D eigenvalue weighted by molar-refractivity contribution is -0.146. The van der Waals surface area contributed by atoms with Crippen molar-refractivity contribution in [1.82, 2.24) is 0 Å². The van der Waals surface area contributed by atoms with Gasteiger partial charge in [-0.2, -0.15) is 0 Å². The van der Waals surface area contributed by atoms with Gasteiger partial charge in [0.1, 0.15) is 0 Å². The van der Waals surface area contributed by atoms with Crippen LogP contribution in [0, 0.1) is 6.92 Å². The number of hydrogen-bond donors (Lipinski definition) is 1.